The van der Waals surface area contributed by atoms with Gasteiger partial charge in [-0.2, -0.15) is 13.2 Å². The van der Waals surface area contributed by atoms with E-state index in [1.165, 1.54) is 11.0 Å². The molecule has 0 spiro atoms. The van der Waals surface area contributed by atoms with Crippen molar-refractivity contribution in [3.8, 4) is 0 Å². The molecule has 1 fully saturated rings. The van der Waals surface area contributed by atoms with Gasteiger partial charge in [0.2, 0.25) is 0 Å². The second-order valence-corrected chi connectivity index (χ2v) is 8.77. The Hall–Kier alpha value is -4.14. The molecule has 2 heterocycles. The van der Waals surface area contributed by atoms with E-state index in [1.807, 2.05) is 4.90 Å². The highest BCUT2D eigenvalue weighted by Crippen LogP contribution is 2.32. The molecule has 6 nitrogen and oxygen atoms in total. The molecule has 3 amide bonds. The number of imide groups is 1. The molecule has 2 aliphatic heterocycles. The van der Waals surface area contributed by atoms with E-state index < -0.39 is 11.7 Å². The summed E-state index contributed by atoms with van der Waals surface area (Å²) in [6.45, 7) is 1.71. The fourth-order valence-corrected chi connectivity index (χ4v) is 4.55. The number of amides is 3. The van der Waals surface area contributed by atoms with Crippen molar-refractivity contribution in [2.45, 2.75) is 12.7 Å². The lowest BCUT2D eigenvalue weighted by Crippen LogP contribution is -2.48. The minimum atomic E-state index is -4.40. The van der Waals surface area contributed by atoms with Gasteiger partial charge in [0.25, 0.3) is 17.7 Å². The summed E-state index contributed by atoms with van der Waals surface area (Å²) in [4.78, 5) is 42.8. The zero-order chi connectivity index (χ0) is 25.4. The second kappa shape index (κ2) is 9.14. The predicted molar refractivity (Wildman–Crippen MR) is 127 cm³/mol. The van der Waals surface area contributed by atoms with Gasteiger partial charge in [0.15, 0.2) is 0 Å². The summed E-state index contributed by atoms with van der Waals surface area (Å²) in [6.07, 6.45) is -4.40. The highest BCUT2D eigenvalue weighted by molar-refractivity contribution is 6.21. The first-order valence-electron chi connectivity index (χ1n) is 11.5. The smallest absolute Gasteiger partial charge is 0.368 e. The van der Waals surface area contributed by atoms with Crippen LogP contribution in [0.2, 0.25) is 0 Å². The van der Waals surface area contributed by atoms with Gasteiger partial charge < -0.3 is 9.80 Å². The molecule has 2 aliphatic rings. The molecule has 0 saturated carbocycles. The molecular formula is C27H22F3N3O3. The molecule has 0 aromatic heterocycles. The van der Waals surface area contributed by atoms with E-state index in [0.29, 0.717) is 48.6 Å². The van der Waals surface area contributed by atoms with Gasteiger partial charge in [-0.1, -0.05) is 30.3 Å². The maximum Gasteiger partial charge on any atom is 0.416 e. The molecule has 3 aromatic carbocycles. The van der Waals surface area contributed by atoms with Crippen molar-refractivity contribution in [1.82, 2.24) is 9.80 Å². The van der Waals surface area contributed by atoms with Crippen molar-refractivity contribution >= 4 is 23.4 Å². The molecule has 184 valence electrons. The summed E-state index contributed by atoms with van der Waals surface area (Å²) in [5.74, 6) is -0.852. The van der Waals surface area contributed by atoms with Crippen molar-refractivity contribution < 1.29 is 27.6 Å². The first-order valence-corrected chi connectivity index (χ1v) is 11.5. The van der Waals surface area contributed by atoms with E-state index in [-0.39, 0.29) is 24.3 Å². The highest BCUT2D eigenvalue weighted by atomic mass is 19.4. The van der Waals surface area contributed by atoms with Gasteiger partial charge >= 0.3 is 6.18 Å². The van der Waals surface area contributed by atoms with Gasteiger partial charge in [-0.15, -0.1) is 0 Å². The summed E-state index contributed by atoms with van der Waals surface area (Å²) in [5, 5.41) is 0. The number of carbonyl (C=O) groups excluding carboxylic acids is 3. The van der Waals surface area contributed by atoms with E-state index in [1.54, 1.807) is 59.5 Å². The van der Waals surface area contributed by atoms with Crippen LogP contribution in [-0.4, -0.2) is 53.7 Å². The van der Waals surface area contributed by atoms with E-state index in [0.717, 1.165) is 17.7 Å². The van der Waals surface area contributed by atoms with Crippen molar-refractivity contribution in [2.24, 2.45) is 0 Å². The van der Waals surface area contributed by atoms with E-state index in [2.05, 4.69) is 0 Å². The van der Waals surface area contributed by atoms with E-state index >= 15 is 0 Å². The van der Waals surface area contributed by atoms with Crippen molar-refractivity contribution in [2.75, 3.05) is 31.1 Å². The van der Waals surface area contributed by atoms with Crippen LogP contribution in [-0.2, 0) is 12.7 Å². The molecule has 36 heavy (non-hydrogen) atoms. The Labute approximate surface area is 205 Å². The van der Waals surface area contributed by atoms with Gasteiger partial charge in [-0.25, -0.2) is 0 Å². The largest absolute Gasteiger partial charge is 0.416 e. The summed E-state index contributed by atoms with van der Waals surface area (Å²) >= 11 is 0. The summed E-state index contributed by atoms with van der Waals surface area (Å²) in [7, 11) is 0. The highest BCUT2D eigenvalue weighted by Gasteiger charge is 2.35. The molecule has 0 unspecified atom stereocenters. The lowest BCUT2D eigenvalue weighted by molar-refractivity contribution is -0.137. The standard InChI is InChI=1S/C27H22F3N3O3/c28-27(29,30)20-4-3-5-21(16-20)31-12-14-32(15-13-31)24(34)19-10-8-18(9-11-19)17-33-25(35)22-6-1-2-7-23(22)26(33)36/h1-11,16H,12-15,17H2. The first-order chi connectivity index (χ1) is 17.2. The van der Waals surface area contributed by atoms with E-state index in [4.69, 9.17) is 0 Å². The van der Waals surface area contributed by atoms with Crippen LogP contribution in [0.1, 0.15) is 42.2 Å². The van der Waals surface area contributed by atoms with Gasteiger partial charge in [-0.05, 0) is 48.0 Å². The predicted octanol–water partition coefficient (Wildman–Crippen LogP) is 4.46. The third-order valence-electron chi connectivity index (χ3n) is 6.53. The van der Waals surface area contributed by atoms with Crippen LogP contribution in [0.5, 0.6) is 0 Å². The molecule has 9 heteroatoms. The summed E-state index contributed by atoms with van der Waals surface area (Å²) in [5.41, 5.74) is 1.75. The van der Waals surface area contributed by atoms with Crippen molar-refractivity contribution in [1.29, 1.82) is 0 Å². The Morgan fingerprint density at radius 3 is 1.97 bits per heavy atom. The number of halogens is 3. The normalized spacial score (nSPS) is 15.9. The van der Waals surface area contributed by atoms with Crippen LogP contribution in [0.3, 0.4) is 0 Å². The first kappa shape index (κ1) is 23.6. The Morgan fingerprint density at radius 1 is 0.778 bits per heavy atom. The minimum absolute atomic E-state index is 0.108. The molecule has 0 aliphatic carbocycles. The number of benzene rings is 3. The van der Waals surface area contributed by atoms with Gasteiger partial charge in [-0.3, -0.25) is 19.3 Å². The monoisotopic (exact) mass is 493 g/mol. The molecule has 3 aromatic rings. The van der Waals surface area contributed by atoms with Gasteiger partial charge in [0.1, 0.15) is 0 Å². The van der Waals surface area contributed by atoms with Crippen LogP contribution in [0.4, 0.5) is 18.9 Å². The fraction of sp³-hybridized carbons (Fsp3) is 0.222. The third kappa shape index (κ3) is 4.44. The van der Waals surface area contributed by atoms with Crippen LogP contribution in [0, 0.1) is 0 Å². The minimum Gasteiger partial charge on any atom is -0.368 e. The molecular weight excluding hydrogens is 471 g/mol. The molecule has 0 atom stereocenters. The Bertz CT molecular complexity index is 1290. The number of rotatable bonds is 4. The topological polar surface area (TPSA) is 60.9 Å². The Morgan fingerprint density at radius 2 is 1.39 bits per heavy atom. The average molecular weight is 493 g/mol. The number of anilines is 1. The number of fused-ring (bicyclic) bond motifs is 1. The zero-order valence-electron chi connectivity index (χ0n) is 19.2. The fourth-order valence-electron chi connectivity index (χ4n) is 4.55. The summed E-state index contributed by atoms with van der Waals surface area (Å²) in [6, 6.07) is 18.6. The zero-order valence-corrected chi connectivity index (χ0v) is 19.2. The van der Waals surface area contributed by atoms with Crippen LogP contribution < -0.4 is 4.90 Å². The van der Waals surface area contributed by atoms with E-state index in [9.17, 15) is 27.6 Å². The quantitative estimate of drug-likeness (QED) is 0.504. The van der Waals surface area contributed by atoms with Crippen molar-refractivity contribution in [3.63, 3.8) is 0 Å². The number of piperazine rings is 1. The molecule has 0 bridgehead atoms. The number of carbonyl (C=O) groups is 3. The molecule has 0 N–H and O–H groups in total. The van der Waals surface area contributed by atoms with Crippen LogP contribution >= 0.6 is 0 Å². The maximum absolute atomic E-state index is 13.0. The number of nitrogens with zero attached hydrogens (tertiary/aromatic N) is 3. The van der Waals surface area contributed by atoms with Crippen LogP contribution in [0.25, 0.3) is 0 Å². The van der Waals surface area contributed by atoms with Gasteiger partial charge in [0.05, 0.1) is 23.2 Å². The molecule has 1 saturated heterocycles. The third-order valence-corrected chi connectivity index (χ3v) is 6.53. The molecule has 0 radical (unpaired) electrons. The van der Waals surface area contributed by atoms with Gasteiger partial charge in [0, 0.05) is 37.4 Å². The Balaban J connectivity index is 1.20. The second-order valence-electron chi connectivity index (χ2n) is 8.77. The summed E-state index contributed by atoms with van der Waals surface area (Å²) < 4.78 is 39.1. The van der Waals surface area contributed by atoms with Crippen LogP contribution in [0.15, 0.2) is 72.8 Å². The maximum atomic E-state index is 13.0. The lowest BCUT2D eigenvalue weighted by Gasteiger charge is -2.36. The lowest BCUT2D eigenvalue weighted by atomic mass is 10.1. The number of alkyl halides is 3. The molecule has 5 rings (SSSR count). The van der Waals surface area contributed by atoms with Crippen molar-refractivity contribution in [3.05, 3.63) is 101 Å². The number of hydrogen-bond acceptors (Lipinski definition) is 4. The average Bonchev–Trinajstić information content (AvgIpc) is 3.13. The SMILES string of the molecule is O=C(c1ccc(CN2C(=O)c3ccccc3C2=O)cc1)N1CCN(c2cccc(C(F)(F)F)c2)CC1. The number of hydrogen-bond donors (Lipinski definition) is 0. The Kier molecular flexibility index (Phi) is 5.99.